The molecule has 3 N–H and O–H groups in total. The molecule has 0 spiro atoms. The highest BCUT2D eigenvalue weighted by atomic mass is 16.5. The first-order valence-electron chi connectivity index (χ1n) is 10.3. The number of pyridine rings is 1. The molecule has 2 unspecified atom stereocenters. The van der Waals surface area contributed by atoms with Crippen molar-refractivity contribution in [3.05, 3.63) is 94.0 Å². The molecule has 0 saturated heterocycles. The zero-order valence-corrected chi connectivity index (χ0v) is 17.6. The first kappa shape index (κ1) is 20.8. The van der Waals surface area contributed by atoms with Crippen LogP contribution in [0.4, 0.5) is 0 Å². The van der Waals surface area contributed by atoms with Gasteiger partial charge in [-0.05, 0) is 60.9 Å². The summed E-state index contributed by atoms with van der Waals surface area (Å²) in [6.45, 7) is 2.15. The predicted octanol–water partition coefficient (Wildman–Crippen LogP) is 4.12. The number of methoxy groups -OCH3 is 1. The highest BCUT2D eigenvalue weighted by Gasteiger charge is 2.18. The van der Waals surface area contributed by atoms with E-state index in [2.05, 4.69) is 28.6 Å². The number of aromatic nitrogens is 2. The van der Waals surface area contributed by atoms with Crippen LogP contribution < -0.4 is 10.3 Å². The van der Waals surface area contributed by atoms with E-state index < -0.39 is 6.10 Å². The molecule has 2 aromatic carbocycles. The molecule has 0 aliphatic heterocycles. The number of nitrogens with zero attached hydrogens (tertiary/aromatic N) is 1. The van der Waals surface area contributed by atoms with Gasteiger partial charge in [0.05, 0.1) is 18.7 Å². The number of ether oxygens (including phenoxy) is 1. The number of hydrogen-bond donors (Lipinski definition) is 3. The third-order valence-electron chi connectivity index (χ3n) is 5.70. The maximum absolute atomic E-state index is 11.6. The third-order valence-corrected chi connectivity index (χ3v) is 5.70. The van der Waals surface area contributed by atoms with Crippen LogP contribution >= 0.6 is 0 Å². The minimum Gasteiger partial charge on any atom is -0.506 e. The second-order valence-electron chi connectivity index (χ2n) is 7.81. The summed E-state index contributed by atoms with van der Waals surface area (Å²) < 4.78 is 7.41. The fourth-order valence-corrected chi connectivity index (χ4v) is 4.09. The number of aromatic hydroxyl groups is 1. The first-order valence-corrected chi connectivity index (χ1v) is 10.3. The lowest BCUT2D eigenvalue weighted by Crippen LogP contribution is -2.13. The molecule has 6 nitrogen and oxygen atoms in total. The molecule has 31 heavy (non-hydrogen) atoms. The summed E-state index contributed by atoms with van der Waals surface area (Å²) in [6, 6.07) is 18.5. The number of fused-ring (bicyclic) bond motifs is 1. The van der Waals surface area contributed by atoms with Crippen LogP contribution in [0.5, 0.6) is 11.5 Å². The van der Waals surface area contributed by atoms with E-state index in [-0.39, 0.29) is 17.4 Å². The van der Waals surface area contributed by atoms with E-state index in [1.807, 2.05) is 30.5 Å². The van der Waals surface area contributed by atoms with Crippen molar-refractivity contribution >= 4 is 10.9 Å². The van der Waals surface area contributed by atoms with Gasteiger partial charge >= 0.3 is 0 Å². The largest absolute Gasteiger partial charge is 0.506 e. The van der Waals surface area contributed by atoms with Crippen LogP contribution in [0.1, 0.15) is 35.9 Å². The van der Waals surface area contributed by atoms with E-state index in [1.165, 1.54) is 17.7 Å². The van der Waals surface area contributed by atoms with E-state index in [4.69, 9.17) is 4.74 Å². The Hall–Kier alpha value is -3.51. The maximum atomic E-state index is 11.6. The molecule has 2 atom stereocenters. The predicted molar refractivity (Wildman–Crippen MR) is 121 cm³/mol. The topological polar surface area (TPSA) is 87.5 Å². The molecule has 2 aromatic heterocycles. The lowest BCUT2D eigenvalue weighted by Gasteiger charge is -2.20. The second-order valence-corrected chi connectivity index (χ2v) is 7.81. The summed E-state index contributed by atoms with van der Waals surface area (Å²) in [5, 5.41) is 21.7. The van der Waals surface area contributed by atoms with Crippen molar-refractivity contribution in [1.82, 2.24) is 9.55 Å². The molecular formula is C25H26N2O4. The number of aliphatic hydroxyl groups excluding tert-OH is 1. The van der Waals surface area contributed by atoms with Crippen molar-refractivity contribution in [2.45, 2.75) is 31.9 Å². The van der Waals surface area contributed by atoms with Crippen molar-refractivity contribution in [1.29, 1.82) is 0 Å². The van der Waals surface area contributed by atoms with Gasteiger partial charge in [-0.1, -0.05) is 18.2 Å². The number of phenols is 1. The van der Waals surface area contributed by atoms with Gasteiger partial charge < -0.3 is 24.5 Å². The van der Waals surface area contributed by atoms with Crippen LogP contribution in [0.3, 0.4) is 0 Å². The van der Waals surface area contributed by atoms with E-state index in [1.54, 1.807) is 19.2 Å². The molecule has 4 aromatic rings. The van der Waals surface area contributed by atoms with Gasteiger partial charge in [-0.25, -0.2) is 0 Å². The van der Waals surface area contributed by atoms with Crippen LogP contribution in [0.15, 0.2) is 71.7 Å². The standard InChI is InChI=1S/C25H26N2O4/c1-16(14-17-5-7-19(31-2)8-6-17)27-13-3-4-18(27)15-23(29)20-9-11-22(28)25-21(20)10-12-24(30)26-25/h3-13,16,23,28-29H,14-15H2,1-2H3,(H,26,30). The monoisotopic (exact) mass is 418 g/mol. The number of nitrogens with one attached hydrogen (secondary N) is 1. The van der Waals surface area contributed by atoms with Crippen LogP contribution in [-0.4, -0.2) is 26.9 Å². The molecule has 6 heteroatoms. The first-order chi connectivity index (χ1) is 15.0. The summed E-state index contributed by atoms with van der Waals surface area (Å²) in [6.07, 6.45) is 2.52. The average Bonchev–Trinajstić information content (AvgIpc) is 3.23. The van der Waals surface area contributed by atoms with Crippen molar-refractivity contribution in [3.63, 3.8) is 0 Å². The van der Waals surface area contributed by atoms with Gasteiger partial charge in [0.2, 0.25) is 5.56 Å². The van der Waals surface area contributed by atoms with Crippen LogP contribution in [0.25, 0.3) is 10.9 Å². The Labute approximate surface area is 180 Å². The Bertz CT molecular complexity index is 1240. The fraction of sp³-hybridized carbons (Fsp3) is 0.240. The number of H-pyrrole nitrogens is 1. The minimum atomic E-state index is -0.782. The van der Waals surface area contributed by atoms with Crippen LogP contribution in [0, 0.1) is 0 Å². The molecule has 0 saturated carbocycles. The number of aromatic amines is 1. The molecular weight excluding hydrogens is 392 g/mol. The van der Waals surface area contributed by atoms with Crippen LogP contribution in [-0.2, 0) is 12.8 Å². The smallest absolute Gasteiger partial charge is 0.248 e. The van der Waals surface area contributed by atoms with Crippen molar-refractivity contribution < 1.29 is 14.9 Å². The lowest BCUT2D eigenvalue weighted by molar-refractivity contribution is 0.176. The van der Waals surface area contributed by atoms with Crippen LogP contribution in [0.2, 0.25) is 0 Å². The Balaban J connectivity index is 1.56. The van der Waals surface area contributed by atoms with Gasteiger partial charge in [-0.2, -0.15) is 0 Å². The Morgan fingerprint density at radius 2 is 1.81 bits per heavy atom. The summed E-state index contributed by atoms with van der Waals surface area (Å²) in [7, 11) is 1.66. The summed E-state index contributed by atoms with van der Waals surface area (Å²) in [5.41, 5.74) is 2.93. The van der Waals surface area contributed by atoms with Crippen molar-refractivity contribution in [2.75, 3.05) is 7.11 Å². The number of hydrogen-bond acceptors (Lipinski definition) is 4. The number of aliphatic hydroxyl groups is 1. The molecule has 160 valence electrons. The minimum absolute atomic E-state index is 0.0138. The zero-order chi connectivity index (χ0) is 22.0. The quantitative estimate of drug-likeness (QED) is 0.421. The number of phenolic OH excluding ortho intramolecular Hbond substituents is 1. The van der Waals surface area contributed by atoms with Crippen molar-refractivity contribution in [3.8, 4) is 11.5 Å². The normalized spacial score (nSPS) is 13.3. The highest BCUT2D eigenvalue weighted by Crippen LogP contribution is 2.31. The highest BCUT2D eigenvalue weighted by molar-refractivity contribution is 5.87. The van der Waals surface area contributed by atoms with Gasteiger partial charge in [-0.3, -0.25) is 4.79 Å². The summed E-state index contributed by atoms with van der Waals surface area (Å²) >= 11 is 0. The second kappa shape index (κ2) is 8.70. The zero-order valence-electron chi connectivity index (χ0n) is 17.6. The van der Waals surface area contributed by atoms with Gasteiger partial charge in [-0.15, -0.1) is 0 Å². The Morgan fingerprint density at radius 1 is 1.03 bits per heavy atom. The fourth-order valence-electron chi connectivity index (χ4n) is 4.09. The molecule has 0 radical (unpaired) electrons. The molecule has 0 bridgehead atoms. The number of benzene rings is 2. The van der Waals surface area contributed by atoms with Gasteiger partial charge in [0.15, 0.2) is 0 Å². The molecule has 0 aliphatic carbocycles. The molecule has 2 heterocycles. The third kappa shape index (κ3) is 4.34. The molecule has 0 fully saturated rings. The average molecular weight is 418 g/mol. The molecule has 0 amide bonds. The van der Waals surface area contributed by atoms with Crippen molar-refractivity contribution in [2.24, 2.45) is 0 Å². The lowest BCUT2D eigenvalue weighted by atomic mass is 9.99. The summed E-state index contributed by atoms with van der Waals surface area (Å²) in [5.74, 6) is 0.823. The Kier molecular flexibility index (Phi) is 5.82. The molecule has 0 aliphatic rings. The van der Waals surface area contributed by atoms with E-state index >= 15 is 0 Å². The van der Waals surface area contributed by atoms with E-state index in [0.29, 0.717) is 22.9 Å². The van der Waals surface area contributed by atoms with Gasteiger partial charge in [0, 0.05) is 35.8 Å². The van der Waals surface area contributed by atoms with Gasteiger partial charge in [0.1, 0.15) is 11.5 Å². The summed E-state index contributed by atoms with van der Waals surface area (Å²) in [4.78, 5) is 14.3. The SMILES string of the molecule is COc1ccc(CC(C)n2cccc2CC(O)c2ccc(O)c3[nH]c(=O)ccc23)cc1. The van der Waals surface area contributed by atoms with E-state index in [0.717, 1.165) is 17.9 Å². The molecule has 4 rings (SSSR count). The number of rotatable bonds is 7. The Morgan fingerprint density at radius 3 is 2.55 bits per heavy atom. The maximum Gasteiger partial charge on any atom is 0.248 e. The van der Waals surface area contributed by atoms with E-state index in [9.17, 15) is 15.0 Å². The van der Waals surface area contributed by atoms with Gasteiger partial charge in [0.25, 0.3) is 0 Å².